The van der Waals surface area contributed by atoms with Gasteiger partial charge in [0.1, 0.15) is 0 Å². The highest BCUT2D eigenvalue weighted by atomic mass is 32.1. The van der Waals surface area contributed by atoms with Crippen LogP contribution in [-0.4, -0.2) is 49.8 Å². The summed E-state index contributed by atoms with van der Waals surface area (Å²) in [5.41, 5.74) is 0.597. The standard InChI is InChI=1S/C12H17N3O5S/c1-8-14-9(7-21-8)5-11(17)20-6-10(16)15-12(18)13-3-4-19-2/h7H,3-6H2,1-2H3,(H2,13,15,16,18). The molecule has 0 unspecified atom stereocenters. The van der Waals surface area contributed by atoms with Crippen LogP contribution >= 0.6 is 11.3 Å². The maximum absolute atomic E-state index is 11.5. The summed E-state index contributed by atoms with van der Waals surface area (Å²) in [6.07, 6.45) is -0.00233. The molecule has 3 amide bonds. The van der Waals surface area contributed by atoms with Crippen molar-refractivity contribution in [2.45, 2.75) is 13.3 Å². The first-order chi connectivity index (χ1) is 10.0. The number of aromatic nitrogens is 1. The van der Waals surface area contributed by atoms with Crippen molar-refractivity contribution in [3.8, 4) is 0 Å². The van der Waals surface area contributed by atoms with Gasteiger partial charge in [0.15, 0.2) is 6.61 Å². The Kier molecular flexibility index (Phi) is 7.33. The third-order valence-corrected chi connectivity index (χ3v) is 3.02. The fraction of sp³-hybridized carbons (Fsp3) is 0.500. The molecule has 0 atom stereocenters. The van der Waals surface area contributed by atoms with E-state index in [4.69, 9.17) is 9.47 Å². The van der Waals surface area contributed by atoms with E-state index < -0.39 is 24.5 Å². The number of nitrogens with one attached hydrogen (secondary N) is 2. The smallest absolute Gasteiger partial charge is 0.321 e. The highest BCUT2D eigenvalue weighted by Crippen LogP contribution is 2.08. The van der Waals surface area contributed by atoms with Crippen molar-refractivity contribution in [1.82, 2.24) is 15.6 Å². The second-order valence-corrected chi connectivity index (χ2v) is 5.05. The summed E-state index contributed by atoms with van der Waals surface area (Å²) in [4.78, 5) is 38.1. The number of methoxy groups -OCH3 is 1. The molecule has 0 bridgehead atoms. The highest BCUT2D eigenvalue weighted by molar-refractivity contribution is 7.09. The molecule has 0 aliphatic carbocycles. The van der Waals surface area contributed by atoms with Crippen LogP contribution in [-0.2, 0) is 25.5 Å². The van der Waals surface area contributed by atoms with Crippen LogP contribution in [0, 0.1) is 6.92 Å². The number of rotatable bonds is 7. The van der Waals surface area contributed by atoms with Gasteiger partial charge in [0.25, 0.3) is 5.91 Å². The zero-order chi connectivity index (χ0) is 15.7. The maximum Gasteiger partial charge on any atom is 0.321 e. The van der Waals surface area contributed by atoms with Gasteiger partial charge >= 0.3 is 12.0 Å². The highest BCUT2D eigenvalue weighted by Gasteiger charge is 2.12. The molecule has 0 aliphatic rings. The lowest BCUT2D eigenvalue weighted by Gasteiger charge is -2.06. The molecular formula is C12H17N3O5S. The average Bonchev–Trinajstić information content (AvgIpc) is 2.82. The fourth-order valence-electron chi connectivity index (χ4n) is 1.31. The van der Waals surface area contributed by atoms with E-state index in [1.807, 2.05) is 12.2 Å². The fourth-order valence-corrected chi connectivity index (χ4v) is 1.92. The van der Waals surface area contributed by atoms with Gasteiger partial charge in [-0.1, -0.05) is 0 Å². The topological polar surface area (TPSA) is 107 Å². The van der Waals surface area contributed by atoms with Gasteiger partial charge in [-0.2, -0.15) is 0 Å². The van der Waals surface area contributed by atoms with Gasteiger partial charge in [-0.15, -0.1) is 11.3 Å². The van der Waals surface area contributed by atoms with Crippen LogP contribution in [0.1, 0.15) is 10.7 Å². The molecule has 21 heavy (non-hydrogen) atoms. The number of ether oxygens (including phenoxy) is 2. The number of urea groups is 1. The number of imide groups is 1. The van der Waals surface area contributed by atoms with Crippen LogP contribution in [0.15, 0.2) is 5.38 Å². The third-order valence-electron chi connectivity index (χ3n) is 2.20. The Bertz CT molecular complexity index is 503. The van der Waals surface area contributed by atoms with E-state index in [0.29, 0.717) is 12.3 Å². The van der Waals surface area contributed by atoms with Crippen molar-refractivity contribution in [3.63, 3.8) is 0 Å². The van der Waals surface area contributed by atoms with Crippen LogP contribution in [0.3, 0.4) is 0 Å². The van der Waals surface area contributed by atoms with E-state index in [1.165, 1.54) is 18.4 Å². The number of thiazole rings is 1. The lowest BCUT2D eigenvalue weighted by atomic mass is 10.3. The largest absolute Gasteiger partial charge is 0.455 e. The Hall–Kier alpha value is -2.00. The summed E-state index contributed by atoms with van der Waals surface area (Å²) in [5.74, 6) is -1.28. The molecule has 1 rings (SSSR count). The molecule has 116 valence electrons. The molecule has 0 saturated carbocycles. The van der Waals surface area contributed by atoms with Gasteiger partial charge in [-0.3, -0.25) is 14.9 Å². The van der Waals surface area contributed by atoms with Crippen LogP contribution in [0.5, 0.6) is 0 Å². The molecule has 1 aromatic rings. The Morgan fingerprint density at radius 2 is 2.14 bits per heavy atom. The van der Waals surface area contributed by atoms with Crippen molar-refractivity contribution in [2.24, 2.45) is 0 Å². The predicted molar refractivity (Wildman–Crippen MR) is 74.9 cm³/mol. The van der Waals surface area contributed by atoms with Crippen molar-refractivity contribution >= 4 is 29.2 Å². The second kappa shape index (κ2) is 9.03. The number of amides is 3. The van der Waals surface area contributed by atoms with Crippen LogP contribution in [0.4, 0.5) is 4.79 Å². The van der Waals surface area contributed by atoms with Gasteiger partial charge in [0.05, 0.1) is 23.7 Å². The van der Waals surface area contributed by atoms with Crippen molar-refractivity contribution in [1.29, 1.82) is 0 Å². The van der Waals surface area contributed by atoms with Gasteiger partial charge in [0, 0.05) is 19.0 Å². The predicted octanol–water partition coefficient (Wildman–Crippen LogP) is 0.00942. The summed E-state index contributed by atoms with van der Waals surface area (Å²) in [5, 5.41) is 7.03. The van der Waals surface area contributed by atoms with Gasteiger partial charge in [0.2, 0.25) is 0 Å². The maximum atomic E-state index is 11.5. The second-order valence-electron chi connectivity index (χ2n) is 3.99. The third kappa shape index (κ3) is 7.37. The first kappa shape index (κ1) is 17.1. The molecule has 0 saturated heterocycles. The molecule has 0 fully saturated rings. The summed E-state index contributed by atoms with van der Waals surface area (Å²) in [6, 6.07) is -0.664. The number of aryl methyl sites for hydroxylation is 1. The summed E-state index contributed by atoms with van der Waals surface area (Å²) >= 11 is 1.43. The average molecular weight is 315 g/mol. The molecule has 2 N–H and O–H groups in total. The molecule has 0 radical (unpaired) electrons. The lowest BCUT2D eigenvalue weighted by Crippen LogP contribution is -2.42. The molecule has 1 heterocycles. The number of hydrogen-bond acceptors (Lipinski definition) is 7. The van der Waals surface area contributed by atoms with E-state index in [0.717, 1.165) is 5.01 Å². The minimum absolute atomic E-state index is 0.00233. The van der Waals surface area contributed by atoms with Gasteiger partial charge in [-0.25, -0.2) is 9.78 Å². The zero-order valence-corrected chi connectivity index (χ0v) is 12.6. The Morgan fingerprint density at radius 3 is 2.76 bits per heavy atom. The van der Waals surface area contributed by atoms with E-state index in [9.17, 15) is 14.4 Å². The summed E-state index contributed by atoms with van der Waals surface area (Å²) in [7, 11) is 1.49. The van der Waals surface area contributed by atoms with E-state index in [-0.39, 0.29) is 13.0 Å². The van der Waals surface area contributed by atoms with Crippen LogP contribution in [0.2, 0.25) is 0 Å². The van der Waals surface area contributed by atoms with E-state index in [2.05, 4.69) is 10.3 Å². The molecule has 1 aromatic heterocycles. The number of carbonyl (C=O) groups excluding carboxylic acids is 3. The first-order valence-corrected chi connectivity index (χ1v) is 7.02. The normalized spacial score (nSPS) is 10.0. The van der Waals surface area contributed by atoms with E-state index in [1.54, 1.807) is 5.38 Å². The molecule has 9 heteroatoms. The Morgan fingerprint density at radius 1 is 1.38 bits per heavy atom. The lowest BCUT2D eigenvalue weighted by molar-refractivity contribution is -0.147. The van der Waals surface area contributed by atoms with Crippen molar-refractivity contribution in [3.05, 3.63) is 16.1 Å². The van der Waals surface area contributed by atoms with Gasteiger partial charge in [-0.05, 0) is 6.92 Å². The number of nitrogens with zero attached hydrogens (tertiary/aromatic N) is 1. The quantitative estimate of drug-likeness (QED) is 0.542. The molecule has 0 aromatic carbocycles. The molecule has 0 aliphatic heterocycles. The first-order valence-electron chi connectivity index (χ1n) is 6.14. The number of esters is 1. The molecule has 8 nitrogen and oxygen atoms in total. The molecular weight excluding hydrogens is 298 g/mol. The van der Waals surface area contributed by atoms with Crippen molar-refractivity contribution in [2.75, 3.05) is 26.9 Å². The molecule has 0 spiro atoms. The zero-order valence-electron chi connectivity index (χ0n) is 11.8. The minimum Gasteiger partial charge on any atom is -0.455 e. The monoisotopic (exact) mass is 315 g/mol. The summed E-state index contributed by atoms with van der Waals surface area (Å²) in [6.45, 7) is 1.93. The van der Waals surface area contributed by atoms with Gasteiger partial charge < -0.3 is 14.8 Å². The van der Waals surface area contributed by atoms with Crippen LogP contribution in [0.25, 0.3) is 0 Å². The SMILES string of the molecule is COCCNC(=O)NC(=O)COC(=O)Cc1csc(C)n1. The number of carbonyl (C=O) groups is 3. The van der Waals surface area contributed by atoms with E-state index >= 15 is 0 Å². The Balaban J connectivity index is 2.20. The Labute approximate surface area is 125 Å². The van der Waals surface area contributed by atoms with Crippen LogP contribution < -0.4 is 10.6 Å². The summed E-state index contributed by atoms with van der Waals surface area (Å²) < 4.78 is 9.49. The van der Waals surface area contributed by atoms with Crippen molar-refractivity contribution < 1.29 is 23.9 Å². The minimum atomic E-state index is -0.701. The number of hydrogen-bond donors (Lipinski definition) is 2.